The minimum atomic E-state index is -1.47. The first-order valence-corrected chi connectivity index (χ1v) is 14.8. The quantitative estimate of drug-likeness (QED) is 0.192. The van der Waals surface area contributed by atoms with Crippen molar-refractivity contribution in [3.8, 4) is 28.4 Å². The standard InChI is InChI=1S/C33H40F2N6O3/c1-18(2)17-44-28-9-7-8-20(5)30(28)41-31(22-13-24(34)27(38-33(36)42)14-29(22)43-6)23-16-40(11-10-26(23)39-41)32-25(35)12-21(15-37-32)19(3)4/h7-9,12-15,18-19,33,38,42H,10-11,16-17,36H2,1-6H3. The van der Waals surface area contributed by atoms with Crippen LogP contribution in [0.25, 0.3) is 16.9 Å². The number of pyridine rings is 1. The second-order valence-corrected chi connectivity index (χ2v) is 11.8. The summed E-state index contributed by atoms with van der Waals surface area (Å²) < 4.78 is 44.7. The number of aliphatic hydroxyl groups excluding tert-OH is 1. The summed E-state index contributed by atoms with van der Waals surface area (Å²) in [5.74, 6) is 0.625. The highest BCUT2D eigenvalue weighted by atomic mass is 19.1. The molecule has 0 saturated carbocycles. The maximum Gasteiger partial charge on any atom is 0.178 e. The summed E-state index contributed by atoms with van der Waals surface area (Å²) in [6, 6.07) is 10.1. The van der Waals surface area contributed by atoms with Gasteiger partial charge in [-0.1, -0.05) is 39.8 Å². The van der Waals surface area contributed by atoms with Gasteiger partial charge >= 0.3 is 0 Å². The number of aromatic nitrogens is 3. The summed E-state index contributed by atoms with van der Waals surface area (Å²) in [5.41, 5.74) is 10.5. The smallest absolute Gasteiger partial charge is 0.178 e. The highest BCUT2D eigenvalue weighted by molar-refractivity contribution is 5.77. The van der Waals surface area contributed by atoms with E-state index in [1.54, 1.807) is 10.9 Å². The molecule has 4 N–H and O–H groups in total. The molecule has 0 bridgehead atoms. The Kier molecular flexibility index (Phi) is 9.07. The molecule has 0 aliphatic carbocycles. The number of nitrogens with one attached hydrogen (secondary N) is 1. The minimum Gasteiger partial charge on any atom is -0.496 e. The zero-order chi connectivity index (χ0) is 31.7. The molecule has 9 nitrogen and oxygen atoms in total. The molecule has 2 aromatic heterocycles. The van der Waals surface area contributed by atoms with Gasteiger partial charge in [-0.3, -0.25) is 5.73 Å². The summed E-state index contributed by atoms with van der Waals surface area (Å²) in [4.78, 5) is 6.38. The second kappa shape index (κ2) is 12.8. The van der Waals surface area contributed by atoms with Gasteiger partial charge in [0.2, 0.25) is 0 Å². The Labute approximate surface area is 256 Å². The van der Waals surface area contributed by atoms with Gasteiger partial charge in [0.1, 0.15) is 23.0 Å². The van der Waals surface area contributed by atoms with Crippen molar-refractivity contribution in [1.29, 1.82) is 0 Å². The van der Waals surface area contributed by atoms with Gasteiger partial charge in [0.25, 0.3) is 0 Å². The Hall–Kier alpha value is -4.22. The third kappa shape index (κ3) is 6.20. The summed E-state index contributed by atoms with van der Waals surface area (Å²) >= 11 is 0. The number of rotatable bonds is 10. The number of hydrogen-bond acceptors (Lipinski definition) is 8. The van der Waals surface area contributed by atoms with Gasteiger partial charge in [-0.15, -0.1) is 0 Å². The number of fused-ring (bicyclic) bond motifs is 1. The molecular formula is C33H40F2N6O3. The summed E-state index contributed by atoms with van der Waals surface area (Å²) in [7, 11) is 1.49. The van der Waals surface area contributed by atoms with Crippen LogP contribution in [0.5, 0.6) is 11.5 Å². The van der Waals surface area contributed by atoms with Crippen LogP contribution in [-0.2, 0) is 13.0 Å². The van der Waals surface area contributed by atoms with Crippen LogP contribution in [0, 0.1) is 24.5 Å². The number of ether oxygens (including phenoxy) is 2. The van der Waals surface area contributed by atoms with Gasteiger partial charge in [0.05, 0.1) is 30.8 Å². The number of benzene rings is 2. The van der Waals surface area contributed by atoms with Crippen LogP contribution >= 0.6 is 0 Å². The predicted molar refractivity (Wildman–Crippen MR) is 167 cm³/mol. The van der Waals surface area contributed by atoms with Gasteiger partial charge in [-0.05, 0) is 48.1 Å². The molecule has 1 atom stereocenters. The number of nitrogens with two attached hydrogens (primary N) is 1. The lowest BCUT2D eigenvalue weighted by atomic mass is 9.99. The largest absolute Gasteiger partial charge is 0.496 e. The molecule has 11 heteroatoms. The maximum absolute atomic E-state index is 15.5. The Balaban J connectivity index is 1.72. The molecule has 5 rings (SSSR count). The zero-order valence-corrected chi connectivity index (χ0v) is 26.0. The van der Waals surface area contributed by atoms with Crippen molar-refractivity contribution in [3.63, 3.8) is 0 Å². The van der Waals surface area contributed by atoms with Crippen LogP contribution in [0.15, 0.2) is 42.6 Å². The molecule has 2 aromatic carbocycles. The van der Waals surface area contributed by atoms with Crippen LogP contribution in [0.4, 0.5) is 20.3 Å². The summed E-state index contributed by atoms with van der Waals surface area (Å²) in [6.07, 6.45) is 0.759. The number of aliphatic hydroxyl groups is 1. The lowest BCUT2D eigenvalue weighted by Crippen LogP contribution is -2.31. The van der Waals surface area contributed by atoms with Crippen molar-refractivity contribution in [2.45, 2.75) is 59.9 Å². The van der Waals surface area contributed by atoms with E-state index in [1.807, 2.05) is 43.9 Å². The van der Waals surface area contributed by atoms with Crippen molar-refractivity contribution in [1.82, 2.24) is 14.8 Å². The Morgan fingerprint density at radius 2 is 1.86 bits per heavy atom. The molecule has 0 spiro atoms. The van der Waals surface area contributed by atoms with Gasteiger partial charge in [-0.25, -0.2) is 18.4 Å². The number of aryl methyl sites for hydroxylation is 1. The lowest BCUT2D eigenvalue weighted by Gasteiger charge is -2.29. The fourth-order valence-electron chi connectivity index (χ4n) is 5.44. The van der Waals surface area contributed by atoms with Crippen LogP contribution in [0.2, 0.25) is 0 Å². The summed E-state index contributed by atoms with van der Waals surface area (Å²) in [5, 5.41) is 17.2. The molecule has 0 amide bonds. The van der Waals surface area contributed by atoms with E-state index in [-0.39, 0.29) is 24.0 Å². The molecule has 1 aliphatic heterocycles. The number of hydrogen-bond donors (Lipinski definition) is 3. The summed E-state index contributed by atoms with van der Waals surface area (Å²) in [6.45, 7) is 11.4. The average Bonchev–Trinajstić information content (AvgIpc) is 3.34. The van der Waals surface area contributed by atoms with E-state index in [0.29, 0.717) is 48.2 Å². The van der Waals surface area contributed by atoms with Gasteiger partial charge in [-0.2, -0.15) is 5.10 Å². The fraction of sp³-hybridized carbons (Fsp3) is 0.394. The van der Waals surface area contributed by atoms with E-state index in [2.05, 4.69) is 24.1 Å². The zero-order valence-electron chi connectivity index (χ0n) is 26.0. The molecule has 1 aliphatic rings. The fourth-order valence-corrected chi connectivity index (χ4v) is 5.44. The van der Waals surface area contributed by atoms with Crippen LogP contribution in [0.1, 0.15) is 56.0 Å². The number of halogens is 2. The Morgan fingerprint density at radius 3 is 2.52 bits per heavy atom. The van der Waals surface area contributed by atoms with E-state index in [0.717, 1.165) is 28.1 Å². The molecule has 44 heavy (non-hydrogen) atoms. The SMILES string of the molecule is COc1cc(NC(N)O)c(F)cc1-c1c2c(nn1-c1c(C)cccc1OCC(C)C)CCN(c1ncc(C(C)C)cc1F)C2. The average molecular weight is 607 g/mol. The Bertz CT molecular complexity index is 1650. The lowest BCUT2D eigenvalue weighted by molar-refractivity contribution is 0.211. The van der Waals surface area contributed by atoms with Gasteiger partial charge in [0, 0.05) is 42.9 Å². The van der Waals surface area contributed by atoms with Crippen molar-refractivity contribution in [2.24, 2.45) is 11.7 Å². The topological polar surface area (TPSA) is 111 Å². The maximum atomic E-state index is 15.5. The first-order valence-electron chi connectivity index (χ1n) is 14.8. The molecule has 0 fully saturated rings. The van der Waals surface area contributed by atoms with Crippen LogP contribution in [-0.4, -0.2) is 46.5 Å². The highest BCUT2D eigenvalue weighted by Crippen LogP contribution is 2.42. The van der Waals surface area contributed by atoms with Crippen molar-refractivity contribution in [2.75, 3.05) is 30.5 Å². The molecule has 1 unspecified atom stereocenters. The monoisotopic (exact) mass is 606 g/mol. The highest BCUT2D eigenvalue weighted by Gasteiger charge is 2.31. The van der Waals surface area contributed by atoms with E-state index >= 15 is 8.78 Å². The molecule has 0 saturated heterocycles. The van der Waals surface area contributed by atoms with Crippen LogP contribution in [0.3, 0.4) is 0 Å². The van der Waals surface area contributed by atoms with Crippen LogP contribution < -0.4 is 25.4 Å². The molecule has 234 valence electrons. The third-order valence-corrected chi connectivity index (χ3v) is 7.68. The number of methoxy groups -OCH3 is 1. The van der Waals surface area contributed by atoms with Crippen molar-refractivity contribution < 1.29 is 23.4 Å². The van der Waals surface area contributed by atoms with E-state index < -0.39 is 18.0 Å². The predicted octanol–water partition coefficient (Wildman–Crippen LogP) is 5.90. The second-order valence-electron chi connectivity index (χ2n) is 11.8. The number of anilines is 2. The first-order chi connectivity index (χ1) is 21.0. The normalized spacial score (nSPS) is 13.8. The molecular weight excluding hydrogens is 566 g/mol. The van der Waals surface area contributed by atoms with E-state index in [9.17, 15) is 5.11 Å². The molecule has 3 heterocycles. The molecule has 0 radical (unpaired) electrons. The Morgan fingerprint density at radius 1 is 1.09 bits per heavy atom. The number of nitrogens with zero attached hydrogens (tertiary/aromatic N) is 4. The van der Waals surface area contributed by atoms with Gasteiger partial charge in [0.15, 0.2) is 18.0 Å². The van der Waals surface area contributed by atoms with Crippen molar-refractivity contribution in [3.05, 3.63) is 76.6 Å². The third-order valence-electron chi connectivity index (χ3n) is 7.68. The molecule has 4 aromatic rings. The van der Waals surface area contributed by atoms with E-state index in [4.69, 9.17) is 20.3 Å². The van der Waals surface area contributed by atoms with Gasteiger partial charge < -0.3 is 24.8 Å². The van der Waals surface area contributed by atoms with E-state index in [1.165, 1.54) is 25.3 Å². The minimum absolute atomic E-state index is 0.0180. The first kappa shape index (κ1) is 31.2. The number of para-hydroxylation sites is 1. The van der Waals surface area contributed by atoms with Crippen molar-refractivity contribution >= 4 is 11.5 Å².